The van der Waals surface area contributed by atoms with E-state index in [9.17, 15) is 0 Å². The highest BCUT2D eigenvalue weighted by Gasteiger charge is 2.11. The highest BCUT2D eigenvalue weighted by molar-refractivity contribution is 5.83. The molecule has 2 aromatic heterocycles. The molecule has 248 valence electrons. The molecule has 0 aliphatic rings. The summed E-state index contributed by atoms with van der Waals surface area (Å²) < 4.78 is 0. The number of aromatic nitrogens is 2. The third kappa shape index (κ3) is 7.82. The number of hydrogen-bond donors (Lipinski definition) is 0. The molecule has 2 heterocycles. The van der Waals surface area contributed by atoms with Gasteiger partial charge >= 0.3 is 0 Å². The lowest BCUT2D eigenvalue weighted by atomic mass is 9.94. The van der Waals surface area contributed by atoms with Crippen molar-refractivity contribution in [3.05, 3.63) is 225 Å². The first kappa shape index (κ1) is 32.4. The molecule has 6 aromatic carbocycles. The molecule has 0 atom stereocenters. The van der Waals surface area contributed by atoms with Crippen LogP contribution >= 0.6 is 0 Å². The van der Waals surface area contributed by atoms with Crippen molar-refractivity contribution in [1.82, 2.24) is 9.97 Å². The largest absolute Gasteiger partial charge is 0.253 e. The molecule has 0 unspecified atom stereocenters. The molecule has 0 spiro atoms. The monoisotopic (exact) mass is 658 g/mol. The third-order valence-corrected chi connectivity index (χ3v) is 9.83. The third-order valence-electron chi connectivity index (χ3n) is 9.83. The van der Waals surface area contributed by atoms with Crippen LogP contribution in [0.15, 0.2) is 158 Å². The SMILES string of the molecule is Cc1cccc(Cc2cccc(Cc3cc(Cc4cccc(Cc5cccc(Cc6cc(C)nc7ccccc67)c5)c4)c4ccccc4n3)c2)c1. The highest BCUT2D eigenvalue weighted by atomic mass is 14.7. The highest BCUT2D eigenvalue weighted by Crippen LogP contribution is 2.26. The molecule has 0 amide bonds. The van der Waals surface area contributed by atoms with Gasteiger partial charge in [0.05, 0.1) is 11.0 Å². The maximum Gasteiger partial charge on any atom is 0.0708 e. The summed E-state index contributed by atoms with van der Waals surface area (Å²) in [5.41, 5.74) is 17.6. The minimum Gasteiger partial charge on any atom is -0.253 e. The topological polar surface area (TPSA) is 25.8 Å². The molecule has 0 N–H and O–H groups in total. The average molecular weight is 659 g/mol. The van der Waals surface area contributed by atoms with E-state index < -0.39 is 0 Å². The standard InChI is InChI=1S/C49H42N2/c1-34-11-7-12-36(23-34)25-37-15-10-18-42(29-37)32-45-33-44(47-20-4-6-22-49(47)51-45)31-41-17-9-14-39(28-41)26-38-13-8-16-40(27-38)30-43-24-35(2)50-48-21-5-3-19-46(43)48/h3-24,27-29,33H,25-26,30-32H2,1-2H3. The Labute approximate surface area is 301 Å². The van der Waals surface area contributed by atoms with E-state index in [0.717, 1.165) is 54.5 Å². The van der Waals surface area contributed by atoms with Gasteiger partial charge in [0.2, 0.25) is 0 Å². The molecule has 0 bridgehead atoms. The van der Waals surface area contributed by atoms with Crippen LogP contribution < -0.4 is 0 Å². The average Bonchev–Trinajstić information content (AvgIpc) is 3.12. The van der Waals surface area contributed by atoms with Gasteiger partial charge < -0.3 is 0 Å². The molecule has 0 saturated carbocycles. The number of nitrogens with zero attached hydrogens (tertiary/aromatic N) is 2. The van der Waals surface area contributed by atoms with E-state index >= 15 is 0 Å². The summed E-state index contributed by atoms with van der Waals surface area (Å²) in [7, 11) is 0. The van der Waals surface area contributed by atoms with E-state index in [0.29, 0.717) is 0 Å². The zero-order chi connectivity index (χ0) is 34.6. The second-order valence-corrected chi connectivity index (χ2v) is 14.1. The van der Waals surface area contributed by atoms with E-state index in [-0.39, 0.29) is 0 Å². The number of aryl methyl sites for hydroxylation is 2. The fourth-order valence-electron chi connectivity index (χ4n) is 7.58. The fraction of sp³-hybridized carbons (Fsp3) is 0.143. The Bertz CT molecular complexity index is 2490. The summed E-state index contributed by atoms with van der Waals surface area (Å²) in [6.07, 6.45) is 4.41. The molecule has 8 aromatic rings. The van der Waals surface area contributed by atoms with Gasteiger partial charge in [0.1, 0.15) is 0 Å². The Balaban J connectivity index is 1.01. The van der Waals surface area contributed by atoms with Gasteiger partial charge in [0.15, 0.2) is 0 Å². The smallest absolute Gasteiger partial charge is 0.0708 e. The molecule has 0 radical (unpaired) electrons. The predicted molar refractivity (Wildman–Crippen MR) is 213 cm³/mol. The van der Waals surface area contributed by atoms with Crippen LogP contribution in [0, 0.1) is 13.8 Å². The van der Waals surface area contributed by atoms with Crippen LogP contribution in [-0.2, 0) is 32.1 Å². The molecule has 0 fully saturated rings. The number of benzene rings is 6. The molecule has 0 aliphatic carbocycles. The number of pyridine rings is 2. The summed E-state index contributed by atoms with van der Waals surface area (Å²) in [5.74, 6) is 0. The van der Waals surface area contributed by atoms with E-state index in [2.05, 4.69) is 172 Å². The van der Waals surface area contributed by atoms with Crippen molar-refractivity contribution in [2.45, 2.75) is 46.0 Å². The second kappa shape index (κ2) is 14.5. The number of hydrogen-bond acceptors (Lipinski definition) is 2. The van der Waals surface area contributed by atoms with Crippen LogP contribution in [0.5, 0.6) is 0 Å². The fourth-order valence-corrected chi connectivity index (χ4v) is 7.58. The summed E-state index contributed by atoms with van der Waals surface area (Å²) in [4.78, 5) is 9.87. The quantitative estimate of drug-likeness (QED) is 0.146. The van der Waals surface area contributed by atoms with Gasteiger partial charge in [-0.1, -0.05) is 139 Å². The zero-order valence-corrected chi connectivity index (χ0v) is 29.4. The molecular weight excluding hydrogens is 617 g/mol. The molecular formula is C49H42N2. The normalized spacial score (nSPS) is 11.3. The molecule has 51 heavy (non-hydrogen) atoms. The van der Waals surface area contributed by atoms with Crippen LogP contribution in [0.2, 0.25) is 0 Å². The van der Waals surface area contributed by atoms with E-state index in [1.165, 1.54) is 66.4 Å². The van der Waals surface area contributed by atoms with Crippen LogP contribution in [0.4, 0.5) is 0 Å². The number of para-hydroxylation sites is 2. The first-order chi connectivity index (χ1) is 25.0. The molecule has 2 nitrogen and oxygen atoms in total. The maximum absolute atomic E-state index is 5.13. The van der Waals surface area contributed by atoms with Crippen molar-refractivity contribution in [3.63, 3.8) is 0 Å². The lowest BCUT2D eigenvalue weighted by molar-refractivity contribution is 1.06. The lowest BCUT2D eigenvalue weighted by Crippen LogP contribution is -2.00. The first-order valence-corrected chi connectivity index (χ1v) is 18.0. The van der Waals surface area contributed by atoms with Gasteiger partial charge in [-0.05, 0) is 114 Å². The maximum atomic E-state index is 5.13. The van der Waals surface area contributed by atoms with Crippen molar-refractivity contribution < 1.29 is 0 Å². The van der Waals surface area contributed by atoms with E-state index in [1.807, 2.05) is 0 Å². The van der Waals surface area contributed by atoms with Crippen molar-refractivity contribution >= 4 is 21.8 Å². The van der Waals surface area contributed by atoms with Gasteiger partial charge in [0, 0.05) is 28.6 Å². The van der Waals surface area contributed by atoms with Crippen LogP contribution in [-0.4, -0.2) is 9.97 Å². The van der Waals surface area contributed by atoms with Crippen LogP contribution in [0.3, 0.4) is 0 Å². The van der Waals surface area contributed by atoms with Gasteiger partial charge in [-0.25, -0.2) is 0 Å². The van der Waals surface area contributed by atoms with Gasteiger partial charge in [-0.15, -0.1) is 0 Å². The number of rotatable bonds is 10. The lowest BCUT2D eigenvalue weighted by Gasteiger charge is -2.12. The van der Waals surface area contributed by atoms with Gasteiger partial charge in [0.25, 0.3) is 0 Å². The summed E-state index contributed by atoms with van der Waals surface area (Å²) >= 11 is 0. The van der Waals surface area contributed by atoms with E-state index in [4.69, 9.17) is 9.97 Å². The van der Waals surface area contributed by atoms with Gasteiger partial charge in [-0.2, -0.15) is 0 Å². The predicted octanol–water partition coefficient (Wildman–Crippen LogP) is 11.4. The van der Waals surface area contributed by atoms with Crippen molar-refractivity contribution in [2.24, 2.45) is 0 Å². The summed E-state index contributed by atoms with van der Waals surface area (Å²) in [6.45, 7) is 4.24. The molecule has 2 heteroatoms. The van der Waals surface area contributed by atoms with E-state index in [1.54, 1.807) is 0 Å². The minimum atomic E-state index is 0.810. The van der Waals surface area contributed by atoms with Crippen molar-refractivity contribution in [3.8, 4) is 0 Å². The second-order valence-electron chi connectivity index (χ2n) is 14.1. The molecule has 8 rings (SSSR count). The molecule has 0 aliphatic heterocycles. The zero-order valence-electron chi connectivity index (χ0n) is 29.4. The molecule has 0 saturated heterocycles. The Kier molecular flexibility index (Phi) is 9.23. The number of fused-ring (bicyclic) bond motifs is 2. The Hall–Kier alpha value is -5.86. The van der Waals surface area contributed by atoms with Crippen LogP contribution in [0.25, 0.3) is 21.8 Å². The first-order valence-electron chi connectivity index (χ1n) is 18.0. The Morgan fingerprint density at radius 1 is 0.353 bits per heavy atom. The van der Waals surface area contributed by atoms with Crippen LogP contribution in [0.1, 0.15) is 67.0 Å². The Morgan fingerprint density at radius 2 is 0.784 bits per heavy atom. The van der Waals surface area contributed by atoms with Crippen molar-refractivity contribution in [1.29, 1.82) is 0 Å². The van der Waals surface area contributed by atoms with Crippen molar-refractivity contribution in [2.75, 3.05) is 0 Å². The minimum absolute atomic E-state index is 0.810. The van der Waals surface area contributed by atoms with Gasteiger partial charge in [-0.3, -0.25) is 9.97 Å². The summed E-state index contributed by atoms with van der Waals surface area (Å²) in [6, 6.07) is 57.6. The Morgan fingerprint density at radius 3 is 1.33 bits per heavy atom. The summed E-state index contributed by atoms with van der Waals surface area (Å²) in [5, 5.41) is 2.46.